The third kappa shape index (κ3) is 4.37. The maximum atomic E-state index is 5.94. The summed E-state index contributed by atoms with van der Waals surface area (Å²) in [5, 5.41) is 0. The first-order chi connectivity index (χ1) is 6.68. The van der Waals surface area contributed by atoms with Crippen molar-refractivity contribution < 1.29 is 0 Å². The van der Waals surface area contributed by atoms with Crippen LogP contribution in [0.25, 0.3) is 0 Å². The molecule has 0 spiro atoms. The molecular weight excluding hydrogens is 174 g/mol. The van der Waals surface area contributed by atoms with Crippen LogP contribution in [-0.2, 0) is 6.42 Å². The van der Waals surface area contributed by atoms with Gasteiger partial charge in [0.15, 0.2) is 0 Å². The Kier molecular flexibility index (Phi) is 4.59. The maximum absolute atomic E-state index is 5.94. The highest BCUT2D eigenvalue weighted by atomic mass is 14.8. The minimum Gasteiger partial charge on any atom is -0.327 e. The zero-order valence-electron chi connectivity index (χ0n) is 8.39. The molecule has 0 saturated carbocycles. The Morgan fingerprint density at radius 2 is 1.57 bits per heavy atom. The Morgan fingerprint density at radius 1 is 0.929 bits per heavy atom. The predicted octanol–water partition coefficient (Wildman–Crippen LogP) is 0.580. The molecule has 0 fully saturated rings. The molecule has 78 valence electrons. The van der Waals surface area contributed by atoms with Crippen molar-refractivity contribution in [2.45, 2.75) is 31.5 Å². The highest BCUT2D eigenvalue weighted by Crippen LogP contribution is 2.05. The number of benzene rings is 1. The van der Waals surface area contributed by atoms with E-state index in [-0.39, 0.29) is 12.2 Å². The first-order valence-corrected chi connectivity index (χ1v) is 4.99. The average molecular weight is 193 g/mol. The quantitative estimate of drug-likeness (QED) is 0.599. The van der Waals surface area contributed by atoms with Crippen LogP contribution in [0.2, 0.25) is 0 Å². The second kappa shape index (κ2) is 5.75. The Balaban J connectivity index is 2.30. The summed E-state index contributed by atoms with van der Waals surface area (Å²) in [6, 6.07) is 10.4. The molecule has 0 aliphatic rings. The largest absolute Gasteiger partial charge is 0.327 e. The summed E-state index contributed by atoms with van der Waals surface area (Å²) < 4.78 is 0. The van der Waals surface area contributed by atoms with Crippen molar-refractivity contribution >= 4 is 0 Å². The molecule has 0 amide bonds. The van der Waals surface area contributed by atoms with Crippen molar-refractivity contribution in [1.29, 1.82) is 0 Å². The van der Waals surface area contributed by atoms with E-state index in [0.29, 0.717) is 0 Å². The molecule has 3 heteroatoms. The van der Waals surface area contributed by atoms with Crippen LogP contribution < -0.4 is 17.2 Å². The average Bonchev–Trinajstić information content (AvgIpc) is 2.16. The molecular formula is C11H19N3. The van der Waals surface area contributed by atoms with E-state index in [1.165, 1.54) is 5.56 Å². The second-order valence-electron chi connectivity index (χ2n) is 3.69. The smallest absolute Gasteiger partial charge is 0.0521 e. The van der Waals surface area contributed by atoms with Crippen molar-refractivity contribution in [3.63, 3.8) is 0 Å². The summed E-state index contributed by atoms with van der Waals surface area (Å²) in [7, 11) is 0. The Bertz CT molecular complexity index is 246. The van der Waals surface area contributed by atoms with Gasteiger partial charge in [0.1, 0.15) is 0 Å². The van der Waals surface area contributed by atoms with Gasteiger partial charge in [0.25, 0.3) is 0 Å². The van der Waals surface area contributed by atoms with Crippen LogP contribution >= 0.6 is 0 Å². The number of hydrogen-bond acceptors (Lipinski definition) is 3. The fraction of sp³-hybridized carbons (Fsp3) is 0.455. The van der Waals surface area contributed by atoms with Gasteiger partial charge < -0.3 is 17.2 Å². The van der Waals surface area contributed by atoms with Crippen LogP contribution in [0.1, 0.15) is 18.4 Å². The van der Waals surface area contributed by atoms with Crippen molar-refractivity contribution in [2.24, 2.45) is 17.2 Å². The van der Waals surface area contributed by atoms with Gasteiger partial charge in [-0.05, 0) is 24.8 Å². The summed E-state index contributed by atoms with van der Waals surface area (Å²) in [4.78, 5) is 0. The second-order valence-corrected chi connectivity index (χ2v) is 3.69. The molecule has 1 rings (SSSR count). The predicted molar refractivity (Wildman–Crippen MR) is 59.5 cm³/mol. The summed E-state index contributed by atoms with van der Waals surface area (Å²) in [6.07, 6.45) is 2.32. The molecule has 0 aromatic heterocycles. The van der Waals surface area contributed by atoms with Gasteiger partial charge in [-0.15, -0.1) is 0 Å². The molecule has 3 nitrogen and oxygen atoms in total. The summed E-state index contributed by atoms with van der Waals surface area (Å²) in [6.45, 7) is 0. The lowest BCUT2D eigenvalue weighted by Gasteiger charge is -2.12. The lowest BCUT2D eigenvalue weighted by Crippen LogP contribution is -2.33. The molecule has 1 aromatic carbocycles. The van der Waals surface area contributed by atoms with Gasteiger partial charge >= 0.3 is 0 Å². The van der Waals surface area contributed by atoms with Crippen LogP contribution in [0.15, 0.2) is 30.3 Å². The van der Waals surface area contributed by atoms with Gasteiger partial charge in [-0.1, -0.05) is 30.3 Å². The molecule has 0 unspecified atom stereocenters. The molecule has 14 heavy (non-hydrogen) atoms. The van der Waals surface area contributed by atoms with E-state index >= 15 is 0 Å². The zero-order chi connectivity index (χ0) is 10.4. The minimum absolute atomic E-state index is 0.159. The normalized spacial score (nSPS) is 13.1. The maximum Gasteiger partial charge on any atom is 0.0521 e. The topological polar surface area (TPSA) is 78.1 Å². The third-order valence-corrected chi connectivity index (χ3v) is 2.21. The van der Waals surface area contributed by atoms with Crippen molar-refractivity contribution in [3.8, 4) is 0 Å². The monoisotopic (exact) mass is 193 g/mol. The minimum atomic E-state index is -0.239. The highest BCUT2D eigenvalue weighted by molar-refractivity contribution is 5.15. The van der Waals surface area contributed by atoms with Gasteiger partial charge in [0.05, 0.1) is 6.17 Å². The van der Waals surface area contributed by atoms with E-state index in [1.54, 1.807) is 0 Å². The SMILES string of the molecule is NC(N)CC[C@@H](N)Cc1ccccc1. The Labute approximate surface area is 85.3 Å². The highest BCUT2D eigenvalue weighted by Gasteiger charge is 2.05. The van der Waals surface area contributed by atoms with Gasteiger partial charge in [-0.2, -0.15) is 0 Å². The van der Waals surface area contributed by atoms with E-state index in [2.05, 4.69) is 12.1 Å². The summed E-state index contributed by atoms with van der Waals surface area (Å²) >= 11 is 0. The van der Waals surface area contributed by atoms with Crippen LogP contribution in [0, 0.1) is 0 Å². The fourth-order valence-corrected chi connectivity index (χ4v) is 1.43. The van der Waals surface area contributed by atoms with Crippen LogP contribution in [-0.4, -0.2) is 12.2 Å². The van der Waals surface area contributed by atoms with Crippen LogP contribution in [0.4, 0.5) is 0 Å². The molecule has 1 aromatic rings. The lowest BCUT2D eigenvalue weighted by atomic mass is 10.0. The van der Waals surface area contributed by atoms with Gasteiger partial charge in [0, 0.05) is 6.04 Å². The molecule has 0 heterocycles. The van der Waals surface area contributed by atoms with Crippen molar-refractivity contribution in [1.82, 2.24) is 0 Å². The van der Waals surface area contributed by atoms with E-state index in [0.717, 1.165) is 19.3 Å². The third-order valence-electron chi connectivity index (χ3n) is 2.21. The Morgan fingerprint density at radius 3 is 2.14 bits per heavy atom. The first kappa shape index (κ1) is 11.2. The van der Waals surface area contributed by atoms with Crippen molar-refractivity contribution in [3.05, 3.63) is 35.9 Å². The number of rotatable bonds is 5. The fourth-order valence-electron chi connectivity index (χ4n) is 1.43. The number of nitrogens with two attached hydrogens (primary N) is 3. The van der Waals surface area contributed by atoms with Crippen LogP contribution in [0.3, 0.4) is 0 Å². The molecule has 6 N–H and O–H groups in total. The molecule has 0 radical (unpaired) electrons. The molecule has 1 atom stereocenters. The van der Waals surface area contributed by atoms with E-state index < -0.39 is 0 Å². The molecule has 0 aliphatic carbocycles. The van der Waals surface area contributed by atoms with Gasteiger partial charge in [-0.3, -0.25) is 0 Å². The first-order valence-electron chi connectivity index (χ1n) is 4.99. The van der Waals surface area contributed by atoms with E-state index in [9.17, 15) is 0 Å². The summed E-state index contributed by atoms with van der Waals surface area (Å²) in [5.41, 5.74) is 18.1. The number of hydrogen-bond donors (Lipinski definition) is 3. The standard InChI is InChI=1S/C11H19N3/c12-10(6-7-11(13)14)8-9-4-2-1-3-5-9/h1-5,10-11H,6-8,12-14H2/t10-/m1/s1. The van der Waals surface area contributed by atoms with Gasteiger partial charge in [0.2, 0.25) is 0 Å². The Hall–Kier alpha value is -0.900. The zero-order valence-corrected chi connectivity index (χ0v) is 8.39. The lowest BCUT2D eigenvalue weighted by molar-refractivity contribution is 0.525. The molecule has 0 aliphatic heterocycles. The molecule has 0 saturated heterocycles. The van der Waals surface area contributed by atoms with E-state index in [4.69, 9.17) is 17.2 Å². The molecule has 0 bridgehead atoms. The van der Waals surface area contributed by atoms with E-state index in [1.807, 2.05) is 18.2 Å². The van der Waals surface area contributed by atoms with Crippen molar-refractivity contribution in [2.75, 3.05) is 0 Å². The van der Waals surface area contributed by atoms with Gasteiger partial charge in [-0.25, -0.2) is 0 Å². The van der Waals surface area contributed by atoms with Crippen LogP contribution in [0.5, 0.6) is 0 Å². The summed E-state index contributed by atoms with van der Waals surface area (Å²) in [5.74, 6) is 0.